The van der Waals surface area contributed by atoms with Crippen molar-refractivity contribution in [3.8, 4) is 6.07 Å². The fourth-order valence-electron chi connectivity index (χ4n) is 1.62. The molecule has 0 saturated heterocycles. The van der Waals surface area contributed by atoms with E-state index in [-0.39, 0.29) is 13.0 Å². The number of nitrogens with zero attached hydrogens (tertiary/aromatic N) is 1. The van der Waals surface area contributed by atoms with Gasteiger partial charge in [0.05, 0.1) is 26.2 Å². The van der Waals surface area contributed by atoms with E-state index in [1.807, 2.05) is 36.4 Å². The number of carbonyl (C=O) groups excluding carboxylic acids is 1. The maximum absolute atomic E-state index is 11.8. The molecule has 8 heteroatoms. The van der Waals surface area contributed by atoms with E-state index in [2.05, 4.69) is 5.09 Å². The minimum atomic E-state index is -3.35. The highest BCUT2D eigenvalue weighted by Crippen LogP contribution is 2.38. The Morgan fingerprint density at radius 1 is 1.52 bits per heavy atom. The highest BCUT2D eigenvalue weighted by Gasteiger charge is 2.26. The van der Waals surface area contributed by atoms with E-state index in [4.69, 9.17) is 26.3 Å². The maximum Gasteiger partial charge on any atom is 0.323 e. The summed E-state index contributed by atoms with van der Waals surface area (Å²) < 4.78 is 9.78. The van der Waals surface area contributed by atoms with Gasteiger partial charge in [0, 0.05) is 0 Å². The molecule has 1 rings (SSSR count). The molecule has 1 unspecified atom stereocenters. The fourth-order valence-corrected chi connectivity index (χ4v) is 3.23. The summed E-state index contributed by atoms with van der Waals surface area (Å²) in [5.74, 6) is -0.536. The predicted octanol–water partition coefficient (Wildman–Crippen LogP) is 1.51. The van der Waals surface area contributed by atoms with Crippen molar-refractivity contribution < 1.29 is 18.9 Å². The lowest BCUT2D eigenvalue weighted by molar-refractivity contribution is -0.142. The first-order chi connectivity index (χ1) is 9.98. The molecule has 0 amide bonds. The van der Waals surface area contributed by atoms with E-state index >= 15 is 0 Å². The van der Waals surface area contributed by atoms with Gasteiger partial charge in [0.2, 0.25) is 0 Å². The minimum Gasteiger partial charge on any atom is -0.468 e. The lowest BCUT2D eigenvalue weighted by Crippen LogP contribution is -2.37. The minimum absolute atomic E-state index is 0.0104. The zero-order valence-electron chi connectivity index (χ0n) is 11.6. The van der Waals surface area contributed by atoms with E-state index in [1.165, 1.54) is 7.11 Å². The maximum atomic E-state index is 11.8. The molecule has 21 heavy (non-hydrogen) atoms. The quantitative estimate of drug-likeness (QED) is 0.424. The number of benzene rings is 1. The summed E-state index contributed by atoms with van der Waals surface area (Å²) in [5.41, 5.74) is 0.896. The van der Waals surface area contributed by atoms with Gasteiger partial charge in [-0.25, -0.2) is 5.09 Å². The highest BCUT2D eigenvalue weighted by atomic mass is 32.5. The van der Waals surface area contributed by atoms with Crippen LogP contribution in [0.2, 0.25) is 0 Å². The van der Waals surface area contributed by atoms with Crippen LogP contribution in [0.3, 0.4) is 0 Å². The van der Waals surface area contributed by atoms with Crippen molar-refractivity contribution >= 4 is 24.4 Å². The van der Waals surface area contributed by atoms with Crippen LogP contribution in [-0.4, -0.2) is 30.6 Å². The monoisotopic (exact) mass is 328 g/mol. The molecule has 0 saturated carbocycles. The lowest BCUT2D eigenvalue weighted by atomic mass is 10.1. The molecule has 6 nitrogen and oxygen atoms in total. The van der Waals surface area contributed by atoms with E-state index in [1.54, 1.807) is 0 Å². The normalized spacial score (nSPS) is 14.7. The number of hydrogen-bond acceptors (Lipinski definition) is 5. The van der Waals surface area contributed by atoms with Crippen LogP contribution in [0.15, 0.2) is 30.3 Å². The van der Waals surface area contributed by atoms with Crippen molar-refractivity contribution in [1.82, 2.24) is 5.09 Å². The molecule has 0 aromatic heterocycles. The smallest absolute Gasteiger partial charge is 0.323 e. The number of nitriles is 1. The number of nitrogens with one attached hydrogen (secondary N) is 1. The third-order valence-electron chi connectivity index (χ3n) is 2.57. The number of methoxy groups -OCH3 is 1. The summed E-state index contributed by atoms with van der Waals surface area (Å²) >= 11 is 4.93. The van der Waals surface area contributed by atoms with E-state index in [9.17, 15) is 9.69 Å². The first-order valence-corrected chi connectivity index (χ1v) is 8.89. The molecule has 1 aromatic rings. The zero-order chi connectivity index (χ0) is 15.7. The Bertz CT molecular complexity index is 547. The Labute approximate surface area is 128 Å². The summed E-state index contributed by atoms with van der Waals surface area (Å²) in [6, 6.07) is 10.4. The van der Waals surface area contributed by atoms with E-state index < -0.39 is 18.7 Å². The average molecular weight is 328 g/mol. The third kappa shape index (κ3) is 6.80. The topological polar surface area (TPSA) is 91.6 Å². The van der Waals surface area contributed by atoms with Gasteiger partial charge in [0.1, 0.15) is 6.04 Å². The van der Waals surface area contributed by atoms with Crippen LogP contribution in [0.5, 0.6) is 0 Å². The predicted molar refractivity (Wildman–Crippen MR) is 81.8 cm³/mol. The number of ether oxygens (including phenoxy) is 1. The van der Waals surface area contributed by atoms with Crippen molar-refractivity contribution in [2.75, 3.05) is 13.7 Å². The largest absolute Gasteiger partial charge is 0.468 e. The average Bonchev–Trinajstić information content (AvgIpc) is 2.46. The van der Waals surface area contributed by atoms with Gasteiger partial charge < -0.3 is 14.2 Å². The molecular weight excluding hydrogens is 311 g/mol. The Balaban J connectivity index is 2.72. The molecule has 0 aliphatic carbocycles. The van der Waals surface area contributed by atoms with Crippen LogP contribution in [0.25, 0.3) is 0 Å². The van der Waals surface area contributed by atoms with Crippen LogP contribution in [0.1, 0.15) is 12.0 Å². The van der Waals surface area contributed by atoms with Gasteiger partial charge in [-0.15, -0.1) is 0 Å². The third-order valence-corrected chi connectivity index (χ3v) is 4.37. The Morgan fingerprint density at radius 2 is 2.19 bits per heavy atom. The van der Waals surface area contributed by atoms with Gasteiger partial charge in [-0.1, -0.05) is 30.3 Å². The molecular formula is C13H17N2O4PS. The van der Waals surface area contributed by atoms with Gasteiger partial charge in [0.15, 0.2) is 0 Å². The molecule has 0 fully saturated rings. The van der Waals surface area contributed by atoms with Gasteiger partial charge in [-0.2, -0.15) is 5.26 Å². The number of carbonyl (C=O) groups is 1. The lowest BCUT2D eigenvalue weighted by Gasteiger charge is -2.22. The van der Waals surface area contributed by atoms with Crippen LogP contribution < -0.4 is 5.09 Å². The molecule has 0 aliphatic rings. The van der Waals surface area contributed by atoms with Crippen LogP contribution in [0, 0.1) is 11.3 Å². The van der Waals surface area contributed by atoms with E-state index in [0.29, 0.717) is 6.42 Å². The fraction of sp³-hybridized carbons (Fsp3) is 0.385. The zero-order valence-corrected chi connectivity index (χ0v) is 13.3. The van der Waals surface area contributed by atoms with Crippen molar-refractivity contribution in [1.29, 1.82) is 5.26 Å². The molecule has 0 radical (unpaired) electrons. The SMILES string of the molecule is COC(=O)[C@H](Cc1ccccc1)NP(O)(=S)OCCC#N. The van der Waals surface area contributed by atoms with E-state index in [0.717, 1.165) is 5.56 Å². The van der Waals surface area contributed by atoms with Gasteiger partial charge >= 0.3 is 5.97 Å². The van der Waals surface area contributed by atoms with Crippen molar-refractivity contribution in [3.63, 3.8) is 0 Å². The second-order valence-corrected chi connectivity index (χ2v) is 7.20. The standard InChI is InChI=1S/C13H17N2O4PS/c1-18-13(16)12(10-11-6-3-2-4-7-11)15-20(17,21)19-9-5-8-14/h2-4,6-7,12H,5,9-10H2,1H3,(H2,15,17,21)/t12-,20?/m0/s1. The van der Waals surface area contributed by atoms with Crippen molar-refractivity contribution in [3.05, 3.63) is 35.9 Å². The van der Waals surface area contributed by atoms with Crippen molar-refractivity contribution in [2.45, 2.75) is 18.9 Å². The van der Waals surface area contributed by atoms with Crippen LogP contribution in [-0.2, 0) is 32.3 Å². The summed E-state index contributed by atoms with van der Waals surface area (Å²) in [5, 5.41) is 11.1. The van der Waals surface area contributed by atoms with Crippen LogP contribution in [0.4, 0.5) is 0 Å². The summed E-state index contributed by atoms with van der Waals surface area (Å²) in [6.45, 7) is -3.34. The summed E-state index contributed by atoms with van der Waals surface area (Å²) in [7, 11) is 1.26. The first kappa shape index (κ1) is 17.8. The first-order valence-electron chi connectivity index (χ1n) is 6.22. The Morgan fingerprint density at radius 3 is 2.76 bits per heavy atom. The summed E-state index contributed by atoms with van der Waals surface area (Å²) in [6.07, 6.45) is 0.427. The number of esters is 1. The summed E-state index contributed by atoms with van der Waals surface area (Å²) in [4.78, 5) is 21.8. The second kappa shape index (κ2) is 8.88. The molecule has 1 aromatic carbocycles. The van der Waals surface area contributed by atoms with Gasteiger partial charge in [-0.3, -0.25) is 4.79 Å². The number of rotatable bonds is 8. The van der Waals surface area contributed by atoms with Crippen molar-refractivity contribution in [2.24, 2.45) is 0 Å². The number of hydrogen-bond donors (Lipinski definition) is 2. The molecule has 2 atom stereocenters. The van der Waals surface area contributed by atoms with Crippen LogP contribution >= 0.6 is 6.64 Å². The molecule has 2 N–H and O–H groups in total. The Hall–Kier alpha value is -1.29. The molecule has 0 spiro atoms. The highest BCUT2D eigenvalue weighted by molar-refractivity contribution is 8.08. The van der Waals surface area contributed by atoms with Gasteiger partial charge in [0.25, 0.3) is 6.64 Å². The molecule has 0 heterocycles. The molecule has 114 valence electrons. The van der Waals surface area contributed by atoms with Gasteiger partial charge in [-0.05, 0) is 23.8 Å². The molecule has 0 aliphatic heterocycles. The second-order valence-electron chi connectivity index (χ2n) is 4.16. The molecule has 0 bridgehead atoms. The Kier molecular flexibility index (Phi) is 7.51.